The second-order valence-electron chi connectivity index (χ2n) is 5.37. The lowest BCUT2D eigenvalue weighted by Gasteiger charge is -2.10. The molecule has 0 unspecified atom stereocenters. The first-order valence-electron chi connectivity index (χ1n) is 7.36. The summed E-state index contributed by atoms with van der Waals surface area (Å²) >= 11 is 24.4. The van der Waals surface area contributed by atoms with Crippen LogP contribution in [0, 0.1) is 0 Å². The molecule has 3 rings (SSSR count). The zero-order valence-electron chi connectivity index (χ0n) is 13.4. The van der Waals surface area contributed by atoms with Gasteiger partial charge in [-0.1, -0.05) is 64.6 Å². The van der Waals surface area contributed by atoms with Crippen molar-refractivity contribution < 1.29 is 18.0 Å². The van der Waals surface area contributed by atoms with Gasteiger partial charge in [0.2, 0.25) is 0 Å². The van der Waals surface area contributed by atoms with Crippen LogP contribution in [0.2, 0.25) is 20.1 Å². The maximum absolute atomic E-state index is 13.5. The zero-order valence-corrected chi connectivity index (χ0v) is 17.2. The Balaban J connectivity index is 2.06. The van der Waals surface area contributed by atoms with Gasteiger partial charge in [-0.05, 0) is 18.2 Å². The highest BCUT2D eigenvalue weighted by Crippen LogP contribution is 2.40. The van der Waals surface area contributed by atoms with E-state index in [1.54, 1.807) is 12.1 Å². The molecule has 0 bridgehead atoms. The number of carbonyl (C=O) groups is 1. The lowest BCUT2D eigenvalue weighted by atomic mass is 10.2. The quantitative estimate of drug-likeness (QED) is 0.413. The summed E-state index contributed by atoms with van der Waals surface area (Å²) in [5.74, 6) is -1.06. The third-order valence-corrected chi connectivity index (χ3v) is 5.68. The molecule has 0 saturated heterocycles. The van der Waals surface area contributed by atoms with E-state index in [0.717, 1.165) is 0 Å². The van der Waals surface area contributed by atoms with Gasteiger partial charge in [-0.15, -0.1) is 11.3 Å². The van der Waals surface area contributed by atoms with Gasteiger partial charge in [0.05, 0.1) is 20.8 Å². The molecule has 0 radical (unpaired) electrons. The van der Waals surface area contributed by atoms with Crippen molar-refractivity contribution in [1.29, 1.82) is 0 Å². The molecule has 0 spiro atoms. The number of hydrogen-bond donors (Lipinski definition) is 1. The average Bonchev–Trinajstić information content (AvgIpc) is 3.04. The fourth-order valence-corrected chi connectivity index (χ4v) is 4.46. The van der Waals surface area contributed by atoms with Gasteiger partial charge in [0.25, 0.3) is 5.91 Å². The summed E-state index contributed by atoms with van der Waals surface area (Å²) in [6.45, 7) is 0. The highest BCUT2D eigenvalue weighted by Gasteiger charge is 2.40. The predicted molar refractivity (Wildman–Crippen MR) is 107 cm³/mol. The van der Waals surface area contributed by atoms with E-state index >= 15 is 0 Å². The number of benzene rings is 2. The minimum Gasteiger partial charge on any atom is -0.319 e. The number of nitrogens with zero attached hydrogens (tertiary/aromatic N) is 1. The molecule has 0 saturated carbocycles. The highest BCUT2D eigenvalue weighted by molar-refractivity contribution is 7.17. The van der Waals surface area contributed by atoms with E-state index in [1.807, 2.05) is 0 Å². The molecule has 0 aliphatic heterocycles. The van der Waals surface area contributed by atoms with Crippen LogP contribution < -0.4 is 5.32 Å². The number of aromatic nitrogens is 1. The van der Waals surface area contributed by atoms with E-state index in [1.165, 1.54) is 24.3 Å². The Morgan fingerprint density at radius 3 is 2.18 bits per heavy atom. The Morgan fingerprint density at radius 1 is 1.00 bits per heavy atom. The van der Waals surface area contributed by atoms with E-state index in [4.69, 9.17) is 46.4 Å². The number of halogens is 7. The molecule has 1 amide bonds. The Labute approximate surface area is 181 Å². The first kappa shape index (κ1) is 21.2. The number of hydrogen-bond acceptors (Lipinski definition) is 3. The first-order valence-corrected chi connectivity index (χ1v) is 9.69. The number of anilines is 1. The van der Waals surface area contributed by atoms with Gasteiger partial charge >= 0.3 is 6.18 Å². The summed E-state index contributed by atoms with van der Waals surface area (Å²) in [7, 11) is 0. The summed E-state index contributed by atoms with van der Waals surface area (Å²) in [5.41, 5.74) is -1.11. The van der Waals surface area contributed by atoms with Gasteiger partial charge in [-0.25, -0.2) is 4.98 Å². The minimum absolute atomic E-state index is 0.0183. The van der Waals surface area contributed by atoms with Crippen molar-refractivity contribution >= 4 is 69.3 Å². The summed E-state index contributed by atoms with van der Waals surface area (Å²) in [6.07, 6.45) is -4.85. The molecule has 0 aliphatic rings. The number of carbonyl (C=O) groups excluding carboxylic acids is 1. The van der Waals surface area contributed by atoms with Crippen LogP contribution in [-0.4, -0.2) is 10.9 Å². The summed E-state index contributed by atoms with van der Waals surface area (Å²) < 4.78 is 40.4. The lowest BCUT2D eigenvalue weighted by Crippen LogP contribution is -2.17. The molecule has 1 aromatic heterocycles. The monoisotopic (exact) mass is 484 g/mol. The molecule has 0 fully saturated rings. The normalized spacial score (nSPS) is 11.5. The van der Waals surface area contributed by atoms with E-state index in [9.17, 15) is 18.0 Å². The minimum atomic E-state index is -4.85. The second-order valence-corrected chi connectivity index (χ2v) is 8.03. The van der Waals surface area contributed by atoms with Crippen LogP contribution in [0.4, 0.5) is 18.9 Å². The number of amides is 1. The van der Waals surface area contributed by atoms with Crippen LogP contribution in [-0.2, 0) is 6.18 Å². The number of alkyl halides is 3. The second kappa shape index (κ2) is 8.08. The van der Waals surface area contributed by atoms with Crippen LogP contribution in [0.25, 0.3) is 10.6 Å². The van der Waals surface area contributed by atoms with Crippen molar-refractivity contribution in [3.63, 3.8) is 0 Å². The van der Waals surface area contributed by atoms with Crippen molar-refractivity contribution in [2.24, 2.45) is 0 Å². The van der Waals surface area contributed by atoms with Gasteiger partial charge in [0, 0.05) is 10.6 Å². The van der Waals surface area contributed by atoms with Crippen LogP contribution in [0.15, 0.2) is 36.4 Å². The van der Waals surface area contributed by atoms with Crippen molar-refractivity contribution in [2.45, 2.75) is 6.18 Å². The smallest absolute Gasteiger partial charge is 0.319 e. The number of nitrogens with one attached hydrogen (secondary N) is 1. The Kier molecular flexibility index (Phi) is 6.12. The molecular weight excluding hydrogens is 479 g/mol. The SMILES string of the molecule is O=C(Nc1c(Cl)cc(Cl)cc1Cl)c1sc(-c2ccccc2Cl)nc1C(F)(F)F. The molecule has 0 aliphatic carbocycles. The van der Waals surface area contributed by atoms with Gasteiger partial charge in [0.1, 0.15) is 9.88 Å². The molecule has 1 N–H and O–H groups in total. The third kappa shape index (κ3) is 4.39. The van der Waals surface area contributed by atoms with Crippen LogP contribution in [0.3, 0.4) is 0 Å². The molecule has 1 heterocycles. The Bertz CT molecular complexity index is 1050. The van der Waals surface area contributed by atoms with Gasteiger partial charge in [-0.3, -0.25) is 4.79 Å². The fraction of sp³-hybridized carbons (Fsp3) is 0.0588. The van der Waals surface area contributed by atoms with Crippen LogP contribution in [0.5, 0.6) is 0 Å². The lowest BCUT2D eigenvalue weighted by molar-refractivity contribution is -0.140. The third-order valence-electron chi connectivity index (χ3n) is 3.45. The zero-order chi connectivity index (χ0) is 20.6. The number of rotatable bonds is 3. The van der Waals surface area contributed by atoms with E-state index < -0.39 is 22.7 Å². The van der Waals surface area contributed by atoms with Crippen LogP contribution >= 0.6 is 57.7 Å². The van der Waals surface area contributed by atoms with E-state index in [0.29, 0.717) is 11.3 Å². The largest absolute Gasteiger partial charge is 0.435 e. The summed E-state index contributed by atoms with van der Waals surface area (Å²) in [6, 6.07) is 8.86. The van der Waals surface area contributed by atoms with Gasteiger partial charge < -0.3 is 5.32 Å². The summed E-state index contributed by atoms with van der Waals surface area (Å²) in [5, 5.41) is 2.63. The standard InChI is InChI=1S/C17H7Cl4F3N2OS/c18-7-5-10(20)12(11(21)6-7)25-15(27)13-14(17(22,23)24)26-16(28-13)8-3-1-2-4-9(8)19/h1-6H,(H,25,27). The molecule has 28 heavy (non-hydrogen) atoms. The summed E-state index contributed by atoms with van der Waals surface area (Å²) in [4.78, 5) is 15.5. The van der Waals surface area contributed by atoms with Crippen molar-refractivity contribution in [1.82, 2.24) is 4.98 Å². The van der Waals surface area contributed by atoms with Crippen molar-refractivity contribution in [3.05, 3.63) is 67.1 Å². The fourth-order valence-electron chi connectivity index (χ4n) is 2.25. The number of thiazole rings is 1. The molecule has 11 heteroatoms. The molecule has 3 nitrogen and oxygen atoms in total. The van der Waals surface area contributed by atoms with Gasteiger partial charge in [-0.2, -0.15) is 13.2 Å². The predicted octanol–water partition coefficient (Wildman–Crippen LogP) is 7.69. The maximum Gasteiger partial charge on any atom is 0.435 e. The Morgan fingerprint density at radius 2 is 1.61 bits per heavy atom. The Hall–Kier alpha value is -1.51. The van der Waals surface area contributed by atoms with E-state index in [2.05, 4.69) is 10.3 Å². The van der Waals surface area contributed by atoms with E-state index in [-0.39, 0.29) is 36.3 Å². The molecule has 3 aromatic rings. The maximum atomic E-state index is 13.5. The first-order chi connectivity index (χ1) is 13.1. The molecule has 146 valence electrons. The molecular formula is C17H7Cl4F3N2OS. The molecule has 2 aromatic carbocycles. The van der Waals surface area contributed by atoms with Gasteiger partial charge in [0.15, 0.2) is 5.69 Å². The highest BCUT2D eigenvalue weighted by atomic mass is 35.5. The van der Waals surface area contributed by atoms with Crippen molar-refractivity contribution in [3.8, 4) is 10.6 Å². The van der Waals surface area contributed by atoms with Crippen molar-refractivity contribution in [2.75, 3.05) is 5.32 Å². The topological polar surface area (TPSA) is 42.0 Å². The molecule has 0 atom stereocenters. The van der Waals surface area contributed by atoms with Crippen LogP contribution in [0.1, 0.15) is 15.4 Å². The average molecular weight is 486 g/mol.